The van der Waals surface area contributed by atoms with Gasteiger partial charge in [-0.2, -0.15) is 10.2 Å². The summed E-state index contributed by atoms with van der Waals surface area (Å²) in [5, 5.41) is 19.6. The fraction of sp³-hybridized carbons (Fsp3) is 0.583. The lowest BCUT2D eigenvalue weighted by Gasteiger charge is -2.26. The van der Waals surface area contributed by atoms with Gasteiger partial charge >= 0.3 is 0 Å². The van der Waals surface area contributed by atoms with Crippen LogP contribution in [0.5, 0.6) is 0 Å². The Morgan fingerprint density at radius 2 is 2.18 bits per heavy atom. The van der Waals surface area contributed by atoms with Gasteiger partial charge in [0.25, 0.3) is 5.91 Å². The molecule has 0 bridgehead atoms. The Balaban J connectivity index is 1.92. The maximum Gasteiger partial charge on any atom is 0.252 e. The number of nitrogens with zero attached hydrogens (tertiary/aromatic N) is 2. The van der Waals surface area contributed by atoms with E-state index in [2.05, 4.69) is 15.5 Å². The van der Waals surface area contributed by atoms with E-state index < -0.39 is 0 Å². The molecule has 0 unspecified atom stereocenters. The smallest absolute Gasteiger partial charge is 0.252 e. The summed E-state index contributed by atoms with van der Waals surface area (Å²) >= 11 is 0. The number of aliphatic hydroxyl groups is 1. The molecule has 0 aromatic carbocycles. The molecule has 1 aliphatic carbocycles. The average molecular weight is 235 g/mol. The van der Waals surface area contributed by atoms with Gasteiger partial charge in [-0.25, -0.2) is 0 Å². The molecule has 1 fully saturated rings. The molecule has 1 aromatic rings. The molecule has 0 radical (unpaired) electrons. The van der Waals surface area contributed by atoms with Crippen molar-refractivity contribution in [3.05, 3.63) is 24.0 Å². The molecule has 5 nitrogen and oxygen atoms in total. The summed E-state index contributed by atoms with van der Waals surface area (Å²) < 4.78 is 0. The molecule has 1 aromatic heterocycles. The fourth-order valence-corrected chi connectivity index (χ4v) is 2.31. The van der Waals surface area contributed by atoms with Crippen molar-refractivity contribution in [3.63, 3.8) is 0 Å². The van der Waals surface area contributed by atoms with Crippen molar-refractivity contribution < 1.29 is 9.90 Å². The van der Waals surface area contributed by atoms with Gasteiger partial charge < -0.3 is 10.4 Å². The summed E-state index contributed by atoms with van der Waals surface area (Å²) in [6.07, 6.45) is 7.17. The van der Waals surface area contributed by atoms with E-state index in [1.54, 1.807) is 6.07 Å². The molecule has 1 saturated carbocycles. The molecule has 1 amide bonds. The van der Waals surface area contributed by atoms with Gasteiger partial charge in [-0.15, -0.1) is 0 Å². The summed E-state index contributed by atoms with van der Waals surface area (Å²) in [5.74, 6) is -0.153. The summed E-state index contributed by atoms with van der Waals surface area (Å²) in [7, 11) is 0. The molecule has 0 saturated heterocycles. The number of aliphatic hydroxyl groups excluding tert-OH is 1. The maximum absolute atomic E-state index is 11.8. The Hall–Kier alpha value is -1.49. The molecule has 17 heavy (non-hydrogen) atoms. The molecule has 1 aliphatic rings. The first-order valence-corrected chi connectivity index (χ1v) is 5.92. The second-order valence-electron chi connectivity index (χ2n) is 4.68. The lowest BCUT2D eigenvalue weighted by atomic mass is 9.87. The molecular weight excluding hydrogens is 218 g/mol. The van der Waals surface area contributed by atoms with Gasteiger partial charge in [0.1, 0.15) is 0 Å². The summed E-state index contributed by atoms with van der Waals surface area (Å²) in [5.41, 5.74) is 0.391. The molecular formula is C12H17N3O2. The highest BCUT2D eigenvalue weighted by Crippen LogP contribution is 2.36. The van der Waals surface area contributed by atoms with E-state index in [9.17, 15) is 9.90 Å². The molecule has 1 heterocycles. The van der Waals surface area contributed by atoms with Gasteiger partial charge in [0.2, 0.25) is 0 Å². The van der Waals surface area contributed by atoms with E-state index in [-0.39, 0.29) is 17.9 Å². The van der Waals surface area contributed by atoms with Crippen LogP contribution >= 0.6 is 0 Å². The van der Waals surface area contributed by atoms with Crippen LogP contribution in [0.1, 0.15) is 36.0 Å². The highest BCUT2D eigenvalue weighted by atomic mass is 16.3. The minimum Gasteiger partial charge on any atom is -0.396 e. The highest BCUT2D eigenvalue weighted by Gasteiger charge is 2.33. The van der Waals surface area contributed by atoms with E-state index in [1.807, 2.05) is 0 Å². The number of hydrogen-bond acceptors (Lipinski definition) is 4. The van der Waals surface area contributed by atoms with Crippen molar-refractivity contribution >= 4 is 5.91 Å². The normalized spacial score (nSPS) is 17.9. The standard InChI is InChI=1S/C12H17N3O2/c16-9-12(4-1-2-5-12)8-13-11(17)10-3-6-14-15-7-10/h3,6-7,16H,1-2,4-5,8-9H2,(H,13,17). The molecule has 0 spiro atoms. The Bertz CT molecular complexity index is 375. The lowest BCUT2D eigenvalue weighted by Crippen LogP contribution is -2.38. The lowest BCUT2D eigenvalue weighted by molar-refractivity contribution is 0.0880. The van der Waals surface area contributed by atoms with E-state index >= 15 is 0 Å². The Morgan fingerprint density at radius 1 is 1.41 bits per heavy atom. The quantitative estimate of drug-likeness (QED) is 0.808. The van der Waals surface area contributed by atoms with Gasteiger partial charge in [-0.05, 0) is 18.9 Å². The fourth-order valence-electron chi connectivity index (χ4n) is 2.31. The first-order chi connectivity index (χ1) is 8.26. The third kappa shape index (κ3) is 2.79. The summed E-state index contributed by atoms with van der Waals surface area (Å²) in [6, 6.07) is 1.63. The second-order valence-corrected chi connectivity index (χ2v) is 4.68. The highest BCUT2D eigenvalue weighted by molar-refractivity contribution is 5.93. The number of carbonyl (C=O) groups is 1. The van der Waals surface area contributed by atoms with Crippen LogP contribution in [-0.4, -0.2) is 34.4 Å². The summed E-state index contributed by atoms with van der Waals surface area (Å²) in [4.78, 5) is 11.8. The monoisotopic (exact) mass is 235 g/mol. The molecule has 0 aliphatic heterocycles. The van der Waals surface area contributed by atoms with Gasteiger partial charge in [0, 0.05) is 12.0 Å². The Morgan fingerprint density at radius 3 is 2.76 bits per heavy atom. The zero-order valence-electron chi connectivity index (χ0n) is 9.72. The van der Waals surface area contributed by atoms with Gasteiger partial charge in [0.15, 0.2) is 0 Å². The van der Waals surface area contributed by atoms with Crippen molar-refractivity contribution in [3.8, 4) is 0 Å². The van der Waals surface area contributed by atoms with Crippen molar-refractivity contribution in [1.29, 1.82) is 0 Å². The zero-order valence-corrected chi connectivity index (χ0v) is 9.72. The zero-order chi connectivity index (χ0) is 12.1. The molecule has 5 heteroatoms. The van der Waals surface area contributed by atoms with Crippen LogP contribution in [-0.2, 0) is 0 Å². The van der Waals surface area contributed by atoms with E-state index in [4.69, 9.17) is 0 Å². The van der Waals surface area contributed by atoms with Crippen molar-refractivity contribution in [2.45, 2.75) is 25.7 Å². The number of carbonyl (C=O) groups excluding carboxylic acids is 1. The maximum atomic E-state index is 11.8. The minimum absolute atomic E-state index is 0.115. The predicted octanol–water partition coefficient (Wildman–Crippen LogP) is 0.759. The van der Waals surface area contributed by atoms with Crippen LogP contribution in [0.4, 0.5) is 0 Å². The third-order valence-electron chi connectivity index (χ3n) is 3.47. The Labute approximate surface area is 100 Å². The number of nitrogens with one attached hydrogen (secondary N) is 1. The van der Waals surface area contributed by atoms with Gasteiger partial charge in [-0.1, -0.05) is 12.8 Å². The SMILES string of the molecule is O=C(NCC1(CO)CCCC1)c1ccnnc1. The van der Waals surface area contributed by atoms with Crippen LogP contribution in [0.25, 0.3) is 0 Å². The third-order valence-corrected chi connectivity index (χ3v) is 3.47. The largest absolute Gasteiger partial charge is 0.396 e. The van der Waals surface area contributed by atoms with Crippen LogP contribution in [0.3, 0.4) is 0 Å². The number of amides is 1. The van der Waals surface area contributed by atoms with Gasteiger partial charge in [-0.3, -0.25) is 4.79 Å². The second kappa shape index (κ2) is 5.23. The Kier molecular flexibility index (Phi) is 3.68. The first kappa shape index (κ1) is 12.0. The minimum atomic E-state index is -0.153. The number of aromatic nitrogens is 2. The van der Waals surface area contributed by atoms with Gasteiger partial charge in [0.05, 0.1) is 24.6 Å². The van der Waals surface area contributed by atoms with Crippen molar-refractivity contribution in [2.24, 2.45) is 5.41 Å². The molecule has 0 atom stereocenters. The topological polar surface area (TPSA) is 75.1 Å². The van der Waals surface area contributed by atoms with Crippen LogP contribution in [0, 0.1) is 5.41 Å². The van der Waals surface area contributed by atoms with E-state index in [0.29, 0.717) is 12.1 Å². The average Bonchev–Trinajstić information content (AvgIpc) is 2.86. The van der Waals surface area contributed by atoms with Crippen LogP contribution < -0.4 is 5.32 Å². The van der Waals surface area contributed by atoms with Crippen LogP contribution in [0.2, 0.25) is 0 Å². The number of rotatable bonds is 4. The molecule has 92 valence electrons. The predicted molar refractivity (Wildman–Crippen MR) is 62.4 cm³/mol. The number of hydrogen-bond donors (Lipinski definition) is 2. The van der Waals surface area contributed by atoms with Crippen molar-refractivity contribution in [1.82, 2.24) is 15.5 Å². The van der Waals surface area contributed by atoms with Crippen LogP contribution in [0.15, 0.2) is 18.5 Å². The van der Waals surface area contributed by atoms with E-state index in [1.165, 1.54) is 12.4 Å². The molecule has 2 rings (SSSR count). The van der Waals surface area contributed by atoms with Crippen molar-refractivity contribution in [2.75, 3.05) is 13.2 Å². The first-order valence-electron chi connectivity index (χ1n) is 5.92. The molecule has 2 N–H and O–H groups in total. The summed E-state index contributed by atoms with van der Waals surface area (Å²) in [6.45, 7) is 0.673. The van der Waals surface area contributed by atoms with E-state index in [0.717, 1.165) is 25.7 Å².